The van der Waals surface area contributed by atoms with Gasteiger partial charge in [-0.05, 0) is 30.2 Å². The Hall–Kier alpha value is -2.57. The molecule has 0 radical (unpaired) electrons. The van der Waals surface area contributed by atoms with E-state index in [0.717, 1.165) is 23.3 Å². The summed E-state index contributed by atoms with van der Waals surface area (Å²) in [5, 5.41) is 0. The van der Waals surface area contributed by atoms with Gasteiger partial charge in [0.1, 0.15) is 29.0 Å². The maximum atomic E-state index is 12.2. The average Bonchev–Trinajstić information content (AvgIpc) is 2.94. The molecule has 0 N–H and O–H groups in total. The van der Waals surface area contributed by atoms with Crippen LogP contribution in [-0.2, 0) is 11.2 Å². The highest BCUT2D eigenvalue weighted by Crippen LogP contribution is 2.33. The van der Waals surface area contributed by atoms with Crippen molar-refractivity contribution in [2.24, 2.45) is 0 Å². The number of hydrogen-bond acceptors (Lipinski definition) is 5. The Morgan fingerprint density at radius 3 is 2.39 bits per heavy atom. The van der Waals surface area contributed by atoms with Gasteiger partial charge in [-0.3, -0.25) is 9.69 Å². The summed E-state index contributed by atoms with van der Waals surface area (Å²) in [6.45, 7) is 4.58. The summed E-state index contributed by atoms with van der Waals surface area (Å²) in [7, 11) is 1.68. The Labute approximate surface area is 174 Å². The van der Waals surface area contributed by atoms with Crippen molar-refractivity contribution in [1.29, 1.82) is 0 Å². The average molecular weight is 412 g/mol. The van der Waals surface area contributed by atoms with E-state index < -0.39 is 0 Å². The topological polar surface area (TPSA) is 38.8 Å². The molecule has 0 atom stereocenters. The molecule has 4 nitrogen and oxygen atoms in total. The fourth-order valence-electron chi connectivity index (χ4n) is 2.69. The van der Waals surface area contributed by atoms with Crippen molar-refractivity contribution in [2.45, 2.75) is 6.42 Å². The molecule has 0 spiro atoms. The van der Waals surface area contributed by atoms with Crippen molar-refractivity contribution in [3.05, 3.63) is 77.2 Å². The number of benzene rings is 2. The number of nitrogens with zero attached hydrogens (tertiary/aromatic N) is 1. The zero-order valence-corrected chi connectivity index (χ0v) is 17.2. The molecular weight excluding hydrogens is 390 g/mol. The van der Waals surface area contributed by atoms with Crippen LogP contribution in [0, 0.1) is 0 Å². The fourth-order valence-corrected chi connectivity index (χ4v) is 3.86. The third kappa shape index (κ3) is 4.82. The number of thiocarbonyl (C=S) groups is 1. The first-order chi connectivity index (χ1) is 13.6. The van der Waals surface area contributed by atoms with Gasteiger partial charge in [0.25, 0.3) is 5.91 Å². The van der Waals surface area contributed by atoms with Gasteiger partial charge in [0.2, 0.25) is 0 Å². The molecule has 1 fully saturated rings. The smallest absolute Gasteiger partial charge is 0.265 e. The van der Waals surface area contributed by atoms with E-state index in [1.807, 2.05) is 60.7 Å². The molecule has 2 aromatic carbocycles. The van der Waals surface area contributed by atoms with E-state index in [1.54, 1.807) is 7.05 Å². The van der Waals surface area contributed by atoms with Gasteiger partial charge in [0.15, 0.2) is 0 Å². The first-order valence-electron chi connectivity index (χ1n) is 8.85. The molecule has 3 rings (SSSR count). The Bertz CT molecular complexity index is 924. The second-order valence-electron chi connectivity index (χ2n) is 6.08. The van der Waals surface area contributed by atoms with Gasteiger partial charge < -0.3 is 9.47 Å². The third-order valence-electron chi connectivity index (χ3n) is 4.13. The Morgan fingerprint density at radius 2 is 1.71 bits per heavy atom. The summed E-state index contributed by atoms with van der Waals surface area (Å²) in [5.41, 5.74) is 1.93. The van der Waals surface area contributed by atoms with Crippen LogP contribution in [0.1, 0.15) is 11.1 Å². The molecule has 0 bridgehead atoms. The maximum absolute atomic E-state index is 12.2. The number of thioether (sulfide) groups is 1. The van der Waals surface area contributed by atoms with Gasteiger partial charge in [-0.1, -0.05) is 66.5 Å². The van der Waals surface area contributed by atoms with Crippen LogP contribution < -0.4 is 9.47 Å². The third-order valence-corrected chi connectivity index (χ3v) is 5.61. The molecule has 1 heterocycles. The standard InChI is InChI=1S/C22H21NO3S2/c1-3-8-16-9-4-6-11-18(16)25-13-14-26-19-12-7-5-10-17(19)15-20-21(24)23(2)22(27)28-20/h3-7,9-12,15H,1,8,13-14H2,2H3. The number of ether oxygens (including phenoxy) is 2. The number of likely N-dealkylation sites (N-methyl/N-ethyl adjacent to an activating group) is 1. The highest BCUT2D eigenvalue weighted by atomic mass is 32.2. The monoisotopic (exact) mass is 411 g/mol. The quantitative estimate of drug-likeness (QED) is 0.272. The lowest BCUT2D eigenvalue weighted by Gasteiger charge is -2.12. The summed E-state index contributed by atoms with van der Waals surface area (Å²) >= 11 is 6.48. The summed E-state index contributed by atoms with van der Waals surface area (Å²) in [5.74, 6) is 1.45. The second kappa shape index (κ2) is 9.57. The lowest BCUT2D eigenvalue weighted by Crippen LogP contribution is -2.22. The van der Waals surface area contributed by atoms with E-state index in [1.165, 1.54) is 16.7 Å². The van der Waals surface area contributed by atoms with E-state index in [2.05, 4.69) is 6.58 Å². The number of carbonyl (C=O) groups excluding carboxylic acids is 1. The lowest BCUT2D eigenvalue weighted by molar-refractivity contribution is -0.121. The van der Waals surface area contributed by atoms with E-state index >= 15 is 0 Å². The highest BCUT2D eigenvalue weighted by molar-refractivity contribution is 8.26. The van der Waals surface area contributed by atoms with E-state index in [4.69, 9.17) is 21.7 Å². The molecule has 6 heteroatoms. The molecular formula is C22H21NO3S2. The SMILES string of the molecule is C=CCc1ccccc1OCCOc1ccccc1C=C1SC(=S)N(C)C1=O. The Kier molecular flexibility index (Phi) is 6.90. The summed E-state index contributed by atoms with van der Waals surface area (Å²) in [6, 6.07) is 15.5. The molecule has 0 aromatic heterocycles. The molecule has 28 heavy (non-hydrogen) atoms. The van der Waals surface area contributed by atoms with Gasteiger partial charge in [0.05, 0.1) is 4.91 Å². The van der Waals surface area contributed by atoms with Crippen LogP contribution >= 0.6 is 24.0 Å². The minimum atomic E-state index is -0.0908. The van der Waals surface area contributed by atoms with Gasteiger partial charge >= 0.3 is 0 Å². The second-order valence-corrected chi connectivity index (χ2v) is 7.75. The van der Waals surface area contributed by atoms with E-state index in [-0.39, 0.29) is 5.91 Å². The van der Waals surface area contributed by atoms with Crippen LogP contribution in [0.4, 0.5) is 0 Å². The molecule has 0 aliphatic carbocycles. The first-order valence-corrected chi connectivity index (χ1v) is 10.1. The number of carbonyl (C=O) groups is 1. The van der Waals surface area contributed by atoms with Gasteiger partial charge in [-0.2, -0.15) is 0 Å². The Morgan fingerprint density at radius 1 is 1.07 bits per heavy atom. The summed E-state index contributed by atoms with van der Waals surface area (Å²) < 4.78 is 12.3. The van der Waals surface area contributed by atoms with Gasteiger partial charge in [-0.15, -0.1) is 6.58 Å². The van der Waals surface area contributed by atoms with Crippen molar-refractivity contribution in [2.75, 3.05) is 20.3 Å². The van der Waals surface area contributed by atoms with Crippen LogP contribution in [0.3, 0.4) is 0 Å². The fraction of sp³-hybridized carbons (Fsp3) is 0.182. The van der Waals surface area contributed by atoms with Crippen LogP contribution in [0.5, 0.6) is 11.5 Å². The molecule has 144 valence electrons. The van der Waals surface area contributed by atoms with Crippen LogP contribution in [0.25, 0.3) is 6.08 Å². The largest absolute Gasteiger partial charge is 0.490 e. The molecule has 2 aromatic rings. The molecule has 1 saturated heterocycles. The van der Waals surface area contributed by atoms with E-state index in [0.29, 0.717) is 28.2 Å². The van der Waals surface area contributed by atoms with Crippen molar-refractivity contribution >= 4 is 40.3 Å². The van der Waals surface area contributed by atoms with Crippen LogP contribution in [-0.4, -0.2) is 35.4 Å². The number of rotatable bonds is 8. The Balaban J connectivity index is 1.63. The number of allylic oxidation sites excluding steroid dienone is 1. The normalized spacial score (nSPS) is 15.2. The predicted molar refractivity (Wildman–Crippen MR) is 119 cm³/mol. The minimum Gasteiger partial charge on any atom is -0.490 e. The summed E-state index contributed by atoms with van der Waals surface area (Å²) in [4.78, 5) is 14.3. The lowest BCUT2D eigenvalue weighted by atomic mass is 10.1. The number of amides is 1. The molecule has 0 saturated carbocycles. The zero-order valence-electron chi connectivity index (χ0n) is 15.6. The number of hydrogen-bond donors (Lipinski definition) is 0. The highest BCUT2D eigenvalue weighted by Gasteiger charge is 2.28. The van der Waals surface area contributed by atoms with Crippen molar-refractivity contribution in [3.8, 4) is 11.5 Å². The minimum absolute atomic E-state index is 0.0908. The zero-order chi connectivity index (χ0) is 19.9. The van der Waals surface area contributed by atoms with Crippen LogP contribution in [0.2, 0.25) is 0 Å². The summed E-state index contributed by atoms with van der Waals surface area (Å²) in [6.07, 6.45) is 4.43. The molecule has 1 aliphatic rings. The molecule has 1 amide bonds. The number of para-hydroxylation sites is 2. The van der Waals surface area contributed by atoms with Gasteiger partial charge in [0, 0.05) is 12.6 Å². The molecule has 1 aliphatic heterocycles. The van der Waals surface area contributed by atoms with Gasteiger partial charge in [-0.25, -0.2) is 0 Å². The van der Waals surface area contributed by atoms with Crippen molar-refractivity contribution in [3.63, 3.8) is 0 Å². The first kappa shape index (κ1) is 20.2. The molecule has 0 unspecified atom stereocenters. The maximum Gasteiger partial charge on any atom is 0.265 e. The van der Waals surface area contributed by atoms with Crippen molar-refractivity contribution < 1.29 is 14.3 Å². The van der Waals surface area contributed by atoms with E-state index in [9.17, 15) is 4.79 Å². The predicted octanol–water partition coefficient (Wildman–Crippen LogP) is 4.70. The van der Waals surface area contributed by atoms with Crippen LogP contribution in [0.15, 0.2) is 66.1 Å². The van der Waals surface area contributed by atoms with Crippen molar-refractivity contribution in [1.82, 2.24) is 4.90 Å².